The van der Waals surface area contributed by atoms with Crippen LogP contribution in [0.2, 0.25) is 0 Å². The van der Waals surface area contributed by atoms with E-state index in [2.05, 4.69) is 11.3 Å². The average molecular weight is 285 g/mol. The number of esters is 1. The summed E-state index contributed by atoms with van der Waals surface area (Å²) in [7, 11) is 2.73. The Bertz CT molecular complexity index is 280. The molecule has 0 aliphatic carbocycles. The summed E-state index contributed by atoms with van der Waals surface area (Å²) in [6.07, 6.45) is 4.51. The Morgan fingerprint density at radius 2 is 1.80 bits per heavy atom. The van der Waals surface area contributed by atoms with Gasteiger partial charge >= 0.3 is 0 Å². The van der Waals surface area contributed by atoms with E-state index in [1.165, 1.54) is 26.3 Å². The van der Waals surface area contributed by atoms with Crippen molar-refractivity contribution >= 4 is 17.8 Å². The minimum atomic E-state index is -0.519. The molecular weight excluding hydrogens is 275 g/mol. The quantitative estimate of drug-likeness (QED) is 0.287. The molecule has 5 nitrogen and oxygen atoms in total. The molecule has 0 aromatic carbocycles. The minimum Gasteiger partial charge on any atom is -0.493 e. The number of hydrogen-bond donors (Lipinski definition) is 0. The minimum absolute atomic E-state index is 0. The van der Waals surface area contributed by atoms with Crippen LogP contribution < -0.4 is 0 Å². The number of ether oxygens (including phenoxy) is 1. The number of imide groups is 1. The van der Waals surface area contributed by atoms with Crippen LogP contribution in [0.25, 0.3) is 0 Å². The molecule has 1 rings (SSSR count). The van der Waals surface area contributed by atoms with E-state index in [1.807, 2.05) is 6.08 Å². The molecule has 0 saturated heterocycles. The molecule has 1 aliphatic rings. The maximum Gasteiger partial charge on any atom is 0.253 e. The van der Waals surface area contributed by atoms with Crippen LogP contribution in [0.3, 0.4) is 0 Å². The van der Waals surface area contributed by atoms with Gasteiger partial charge in [-0.3, -0.25) is 25.9 Å². The van der Waals surface area contributed by atoms with Crippen molar-refractivity contribution in [2.24, 2.45) is 0 Å². The van der Waals surface area contributed by atoms with Crippen LogP contribution in [0.1, 0.15) is 0 Å². The summed E-state index contributed by atoms with van der Waals surface area (Å²) in [5.41, 5.74) is 0. The molecule has 0 bridgehead atoms. The van der Waals surface area contributed by atoms with E-state index in [9.17, 15) is 14.4 Å². The van der Waals surface area contributed by atoms with E-state index < -0.39 is 5.97 Å². The van der Waals surface area contributed by atoms with Gasteiger partial charge in [0, 0.05) is 51.9 Å². The van der Waals surface area contributed by atoms with Gasteiger partial charge in [0.25, 0.3) is 11.8 Å². The van der Waals surface area contributed by atoms with Crippen molar-refractivity contribution < 1.29 is 51.8 Å². The summed E-state index contributed by atoms with van der Waals surface area (Å²) < 4.78 is 4.09. The van der Waals surface area contributed by atoms with E-state index in [-0.39, 0.29) is 44.5 Å². The number of rotatable bonds is 1. The Balaban J connectivity index is 0. The SMILES string of the molecule is C=[C-]C(=O)OC.CN1C(=O)C=CC1=O.[Y]. The summed E-state index contributed by atoms with van der Waals surface area (Å²) in [5, 5.41) is 0. The predicted octanol–water partition coefficient (Wildman–Crippen LogP) is -0.313. The van der Waals surface area contributed by atoms with Gasteiger partial charge in [0.15, 0.2) is 0 Å². The molecule has 15 heavy (non-hydrogen) atoms. The average Bonchev–Trinajstić information content (AvgIpc) is 2.49. The second-order valence-corrected chi connectivity index (χ2v) is 2.24. The van der Waals surface area contributed by atoms with Crippen molar-refractivity contribution in [3.05, 3.63) is 24.8 Å². The van der Waals surface area contributed by atoms with Gasteiger partial charge in [0.05, 0.1) is 7.11 Å². The molecule has 1 radical (unpaired) electrons. The number of nitrogens with zero attached hydrogens (tertiary/aromatic N) is 1. The Morgan fingerprint density at radius 1 is 1.40 bits per heavy atom. The molecule has 0 atom stereocenters. The standard InChI is InChI=1S/C5H5NO2.C4H5O2.Y/c1-6-4(7)2-3-5(6)8;1-3-4(5)6-2;/h2-3H,1H3;1H2,2H3;/q;-1;. The fraction of sp³-hybridized carbons (Fsp3) is 0.222. The molecule has 1 aliphatic heterocycles. The molecule has 0 spiro atoms. The number of likely N-dealkylation sites (N-methyl/N-ethyl adjacent to an activating group) is 1. The molecule has 0 unspecified atom stereocenters. The zero-order valence-corrected chi connectivity index (χ0v) is 11.4. The molecule has 0 saturated carbocycles. The summed E-state index contributed by atoms with van der Waals surface area (Å²) >= 11 is 0. The van der Waals surface area contributed by atoms with Crippen LogP contribution in [0.15, 0.2) is 18.7 Å². The fourth-order valence-electron chi connectivity index (χ4n) is 0.547. The maximum absolute atomic E-state index is 10.4. The van der Waals surface area contributed by atoms with Gasteiger partial charge in [-0.05, 0) is 0 Å². The molecule has 2 amide bonds. The van der Waals surface area contributed by atoms with E-state index in [4.69, 9.17) is 0 Å². The molecule has 79 valence electrons. The number of carbonyl (C=O) groups excluding carboxylic acids is 3. The Labute approximate surface area is 113 Å². The fourth-order valence-corrected chi connectivity index (χ4v) is 0.547. The molecule has 0 aromatic heterocycles. The Kier molecular flexibility index (Phi) is 9.41. The second kappa shape index (κ2) is 8.50. The zero-order valence-electron chi connectivity index (χ0n) is 8.52. The van der Waals surface area contributed by atoms with Crippen molar-refractivity contribution in [3.8, 4) is 0 Å². The van der Waals surface area contributed by atoms with Crippen LogP contribution in [0.5, 0.6) is 0 Å². The molecular formula is C9H10NO4Y-. The van der Waals surface area contributed by atoms with E-state index in [0.717, 1.165) is 4.90 Å². The predicted molar refractivity (Wildman–Crippen MR) is 47.8 cm³/mol. The Morgan fingerprint density at radius 3 is 1.87 bits per heavy atom. The number of hydrogen-bond acceptors (Lipinski definition) is 4. The molecule has 1 heterocycles. The smallest absolute Gasteiger partial charge is 0.253 e. The third-order valence-electron chi connectivity index (χ3n) is 1.36. The first kappa shape index (κ1) is 16.6. The summed E-state index contributed by atoms with van der Waals surface area (Å²) in [6.45, 7) is 3.03. The summed E-state index contributed by atoms with van der Waals surface area (Å²) in [4.78, 5) is 31.6. The first-order valence-corrected chi connectivity index (χ1v) is 3.63. The first-order chi connectivity index (χ1) is 6.52. The Hall–Kier alpha value is -0.806. The molecule has 0 N–H and O–H groups in total. The molecule has 0 aromatic rings. The first-order valence-electron chi connectivity index (χ1n) is 3.63. The third kappa shape index (κ3) is 6.30. The summed E-state index contributed by atoms with van der Waals surface area (Å²) in [5.74, 6) is -1.000. The third-order valence-corrected chi connectivity index (χ3v) is 1.36. The van der Waals surface area contributed by atoms with Gasteiger partial charge < -0.3 is 10.8 Å². The number of carbonyl (C=O) groups is 3. The van der Waals surface area contributed by atoms with E-state index >= 15 is 0 Å². The van der Waals surface area contributed by atoms with Crippen molar-refractivity contribution in [1.82, 2.24) is 4.90 Å². The molecule has 0 fully saturated rings. The van der Waals surface area contributed by atoms with Crippen molar-refractivity contribution in [2.45, 2.75) is 0 Å². The van der Waals surface area contributed by atoms with Crippen LogP contribution in [0, 0.1) is 6.08 Å². The largest absolute Gasteiger partial charge is 0.493 e. The van der Waals surface area contributed by atoms with Gasteiger partial charge in [-0.15, -0.1) is 0 Å². The maximum atomic E-state index is 10.4. The van der Waals surface area contributed by atoms with Gasteiger partial charge in [-0.1, -0.05) is 0 Å². The monoisotopic (exact) mass is 285 g/mol. The normalized spacial score (nSPS) is 12.5. The summed E-state index contributed by atoms with van der Waals surface area (Å²) in [6, 6.07) is 0. The van der Waals surface area contributed by atoms with Crippen LogP contribution in [0.4, 0.5) is 0 Å². The topological polar surface area (TPSA) is 63.7 Å². The van der Waals surface area contributed by atoms with Gasteiger partial charge in [-0.2, -0.15) is 0 Å². The van der Waals surface area contributed by atoms with Gasteiger partial charge in [-0.25, -0.2) is 0 Å². The van der Waals surface area contributed by atoms with Crippen LogP contribution >= 0.6 is 0 Å². The molecule has 6 heteroatoms. The zero-order chi connectivity index (χ0) is 11.1. The van der Waals surface area contributed by atoms with Gasteiger partial charge in [0.2, 0.25) is 0 Å². The van der Waals surface area contributed by atoms with Crippen molar-refractivity contribution in [3.63, 3.8) is 0 Å². The van der Waals surface area contributed by atoms with E-state index in [0.29, 0.717) is 0 Å². The van der Waals surface area contributed by atoms with Crippen LogP contribution in [-0.2, 0) is 51.8 Å². The second-order valence-electron chi connectivity index (χ2n) is 2.24. The van der Waals surface area contributed by atoms with E-state index in [1.54, 1.807) is 0 Å². The van der Waals surface area contributed by atoms with Gasteiger partial charge in [0.1, 0.15) is 5.97 Å². The van der Waals surface area contributed by atoms with Crippen molar-refractivity contribution in [1.29, 1.82) is 0 Å². The van der Waals surface area contributed by atoms with Crippen LogP contribution in [-0.4, -0.2) is 36.8 Å². The van der Waals surface area contributed by atoms with Crippen molar-refractivity contribution in [2.75, 3.05) is 14.2 Å². The number of amides is 2. The number of methoxy groups -OCH3 is 1.